The number of benzene rings is 8. The van der Waals surface area contributed by atoms with Gasteiger partial charge in [0.15, 0.2) is 17.5 Å². The zero-order chi connectivity index (χ0) is 37.5. The molecule has 0 aliphatic carbocycles. The summed E-state index contributed by atoms with van der Waals surface area (Å²) in [7, 11) is 0. The normalized spacial score (nSPS) is 11.9. The first-order valence-corrected chi connectivity index (χ1v) is 19.0. The Morgan fingerprint density at radius 3 is 1.77 bits per heavy atom. The van der Waals surface area contributed by atoms with E-state index in [-0.39, 0.29) is 0 Å². The van der Waals surface area contributed by atoms with Crippen LogP contribution in [-0.4, -0.2) is 19.5 Å². The smallest absolute Gasteiger partial charge is 0.167 e. The van der Waals surface area contributed by atoms with Gasteiger partial charge in [0.05, 0.1) is 22.3 Å². The highest BCUT2D eigenvalue weighted by Crippen LogP contribution is 2.42. The van der Waals surface area contributed by atoms with Crippen molar-refractivity contribution in [3.05, 3.63) is 182 Å². The zero-order valence-corrected chi connectivity index (χ0v) is 30.4. The second-order valence-corrected chi connectivity index (χ2v) is 14.4. The van der Waals surface area contributed by atoms with E-state index < -0.39 is 0 Å². The van der Waals surface area contributed by atoms with Crippen LogP contribution in [0.25, 0.3) is 117 Å². The van der Waals surface area contributed by atoms with Crippen molar-refractivity contribution in [2.24, 2.45) is 0 Å². The number of rotatable bonds is 5. The summed E-state index contributed by atoms with van der Waals surface area (Å²) in [6.07, 6.45) is 0. The Bertz CT molecular complexity index is 3530. The van der Waals surface area contributed by atoms with Gasteiger partial charge in [-0.3, -0.25) is 0 Å². The molecule has 266 valence electrons. The van der Waals surface area contributed by atoms with E-state index in [0.717, 1.165) is 77.3 Å². The molecule has 0 bridgehead atoms. The molecule has 0 unspecified atom stereocenters. The fourth-order valence-electron chi connectivity index (χ4n) is 8.46. The van der Waals surface area contributed by atoms with Gasteiger partial charge in [-0.1, -0.05) is 133 Å². The topological polar surface area (TPSA) is 69.9 Å². The summed E-state index contributed by atoms with van der Waals surface area (Å²) in [5.74, 6) is 1.64. The summed E-state index contributed by atoms with van der Waals surface area (Å²) in [6.45, 7) is 0. The van der Waals surface area contributed by atoms with Crippen LogP contribution < -0.4 is 0 Å². The predicted octanol–water partition coefficient (Wildman–Crippen LogP) is 13.4. The maximum atomic E-state index is 6.68. The minimum Gasteiger partial charge on any atom is -0.456 e. The van der Waals surface area contributed by atoms with Crippen molar-refractivity contribution in [3.63, 3.8) is 0 Å². The van der Waals surface area contributed by atoms with E-state index in [2.05, 4.69) is 108 Å². The van der Waals surface area contributed by atoms with Crippen molar-refractivity contribution in [1.29, 1.82) is 0 Å². The van der Waals surface area contributed by atoms with Gasteiger partial charge in [0.25, 0.3) is 0 Å². The highest BCUT2D eigenvalue weighted by molar-refractivity contribution is 6.15. The molecule has 0 saturated heterocycles. The lowest BCUT2D eigenvalue weighted by molar-refractivity contribution is 0.668. The molecule has 0 atom stereocenters. The van der Waals surface area contributed by atoms with Crippen molar-refractivity contribution < 1.29 is 8.83 Å². The molecular weight excluding hydrogens is 701 g/mol. The summed E-state index contributed by atoms with van der Waals surface area (Å²) < 4.78 is 15.5. The molecule has 12 aromatic rings. The van der Waals surface area contributed by atoms with Crippen molar-refractivity contribution >= 4 is 65.7 Å². The first kappa shape index (κ1) is 31.5. The molecule has 0 aliphatic rings. The maximum absolute atomic E-state index is 6.68. The van der Waals surface area contributed by atoms with Gasteiger partial charge in [0, 0.05) is 49.5 Å². The van der Waals surface area contributed by atoms with E-state index in [9.17, 15) is 0 Å². The van der Waals surface area contributed by atoms with Crippen LogP contribution in [0.4, 0.5) is 0 Å². The molecule has 0 amide bonds. The molecule has 0 N–H and O–H groups in total. The molecule has 0 aliphatic heterocycles. The minimum atomic E-state index is 0.528. The zero-order valence-electron chi connectivity index (χ0n) is 30.4. The fourth-order valence-corrected chi connectivity index (χ4v) is 8.46. The Kier molecular flexibility index (Phi) is 6.83. The summed E-state index contributed by atoms with van der Waals surface area (Å²) in [6, 6.07) is 62.7. The Morgan fingerprint density at radius 2 is 0.965 bits per heavy atom. The van der Waals surface area contributed by atoms with Crippen molar-refractivity contribution in [2.75, 3.05) is 0 Å². The van der Waals surface area contributed by atoms with Gasteiger partial charge in [-0.05, 0) is 53.6 Å². The van der Waals surface area contributed by atoms with Crippen molar-refractivity contribution in [3.8, 4) is 51.0 Å². The van der Waals surface area contributed by atoms with Crippen molar-refractivity contribution in [2.45, 2.75) is 0 Å². The SMILES string of the molecule is c1ccc(-c2ccc3c(c2)c2ccccc2n3-c2cc(-c3nc(-c4ccccc4)nc(-c4cccc5c4oc4ccccc45)n3)c3c(c2)oc2ccccc23)cc1. The number of para-hydroxylation sites is 4. The van der Waals surface area contributed by atoms with E-state index in [1.54, 1.807) is 0 Å². The number of fused-ring (bicyclic) bond motifs is 9. The van der Waals surface area contributed by atoms with Gasteiger partial charge in [-0.15, -0.1) is 0 Å². The quantitative estimate of drug-likeness (QED) is 0.176. The van der Waals surface area contributed by atoms with Gasteiger partial charge in [0.2, 0.25) is 0 Å². The van der Waals surface area contributed by atoms with Crippen LogP contribution >= 0.6 is 0 Å². The summed E-state index contributed by atoms with van der Waals surface area (Å²) in [5.41, 5.74) is 11.1. The number of hydrogen-bond donors (Lipinski definition) is 0. The third-order valence-corrected chi connectivity index (χ3v) is 11.1. The minimum absolute atomic E-state index is 0.528. The lowest BCUT2D eigenvalue weighted by Gasteiger charge is -2.13. The lowest BCUT2D eigenvalue weighted by Crippen LogP contribution is -2.02. The molecule has 0 spiro atoms. The molecule has 6 nitrogen and oxygen atoms in total. The molecule has 0 fully saturated rings. The average molecular weight is 731 g/mol. The van der Waals surface area contributed by atoms with Crippen LogP contribution in [0.5, 0.6) is 0 Å². The first-order chi connectivity index (χ1) is 28.2. The van der Waals surface area contributed by atoms with Gasteiger partial charge in [-0.25, -0.2) is 15.0 Å². The van der Waals surface area contributed by atoms with Crippen LogP contribution in [0.15, 0.2) is 191 Å². The maximum Gasteiger partial charge on any atom is 0.167 e. The van der Waals surface area contributed by atoms with Gasteiger partial charge >= 0.3 is 0 Å². The van der Waals surface area contributed by atoms with Crippen LogP contribution in [0, 0.1) is 0 Å². The van der Waals surface area contributed by atoms with Gasteiger partial charge in [0.1, 0.15) is 22.3 Å². The molecule has 4 heterocycles. The lowest BCUT2D eigenvalue weighted by atomic mass is 10.0. The molecule has 57 heavy (non-hydrogen) atoms. The third-order valence-electron chi connectivity index (χ3n) is 11.1. The standard InChI is InChI=1S/C51H30N4O2/c1-3-14-31(15-4-1)33-26-27-43-40(28-33)35-18-7-10-23-42(35)55(43)34-29-41(47-38-20-9-12-25-45(38)56-46(47)30-34)51-53-49(32-16-5-2-6-17-32)52-50(54-51)39-22-13-21-37-36-19-8-11-24-44(36)57-48(37)39/h1-30H. The summed E-state index contributed by atoms with van der Waals surface area (Å²) >= 11 is 0. The predicted molar refractivity (Wildman–Crippen MR) is 230 cm³/mol. The largest absolute Gasteiger partial charge is 0.456 e. The average Bonchev–Trinajstić information content (AvgIpc) is 3.96. The Hall–Kier alpha value is -7.83. The Labute approximate surface area is 325 Å². The van der Waals surface area contributed by atoms with E-state index in [0.29, 0.717) is 17.5 Å². The summed E-state index contributed by atoms with van der Waals surface area (Å²) in [5, 5.41) is 6.34. The molecule has 0 radical (unpaired) electrons. The first-order valence-electron chi connectivity index (χ1n) is 19.0. The highest BCUT2D eigenvalue weighted by Gasteiger charge is 2.23. The van der Waals surface area contributed by atoms with Crippen molar-refractivity contribution in [1.82, 2.24) is 19.5 Å². The Balaban J connectivity index is 1.15. The number of furan rings is 2. The van der Waals surface area contributed by atoms with E-state index in [1.165, 1.54) is 21.9 Å². The number of nitrogens with zero attached hydrogens (tertiary/aromatic N) is 4. The van der Waals surface area contributed by atoms with E-state index in [4.69, 9.17) is 23.8 Å². The Morgan fingerprint density at radius 1 is 0.351 bits per heavy atom. The summed E-state index contributed by atoms with van der Waals surface area (Å²) in [4.78, 5) is 15.7. The molecular formula is C51H30N4O2. The molecule has 6 heteroatoms. The van der Waals surface area contributed by atoms with E-state index in [1.807, 2.05) is 78.9 Å². The van der Waals surface area contributed by atoms with Gasteiger partial charge < -0.3 is 13.4 Å². The van der Waals surface area contributed by atoms with E-state index >= 15 is 0 Å². The number of aromatic nitrogens is 4. The molecule has 12 rings (SSSR count). The third kappa shape index (κ3) is 4.94. The monoisotopic (exact) mass is 730 g/mol. The second-order valence-electron chi connectivity index (χ2n) is 14.4. The highest BCUT2D eigenvalue weighted by atomic mass is 16.3. The second kappa shape index (κ2) is 12.3. The van der Waals surface area contributed by atoms with Gasteiger partial charge in [-0.2, -0.15) is 0 Å². The molecule has 8 aromatic carbocycles. The number of hydrogen-bond acceptors (Lipinski definition) is 5. The van der Waals surface area contributed by atoms with Crippen LogP contribution in [-0.2, 0) is 0 Å². The molecule has 0 saturated carbocycles. The van der Waals surface area contributed by atoms with Crippen LogP contribution in [0.3, 0.4) is 0 Å². The fraction of sp³-hybridized carbons (Fsp3) is 0. The van der Waals surface area contributed by atoms with Crippen LogP contribution in [0.1, 0.15) is 0 Å². The van der Waals surface area contributed by atoms with Crippen LogP contribution in [0.2, 0.25) is 0 Å². The molecule has 4 aromatic heterocycles.